The van der Waals surface area contributed by atoms with Gasteiger partial charge in [0.2, 0.25) is 0 Å². The van der Waals surface area contributed by atoms with Crippen LogP contribution in [0.4, 0.5) is 24.7 Å². The molecule has 0 saturated heterocycles. The van der Waals surface area contributed by atoms with E-state index in [1.54, 1.807) is 36.4 Å². The highest BCUT2D eigenvalue weighted by Gasteiger charge is 2.47. The Morgan fingerprint density at radius 2 is 1.87 bits per heavy atom. The van der Waals surface area contributed by atoms with Crippen LogP contribution in [0.15, 0.2) is 59.1 Å². The molecule has 0 spiro atoms. The standard InChI is InChI=1S/C22H20BrF3N4O/c1-2-13-8-10-15(11-9-13)27-21(31)19-18(23)20-28-16(14-6-4-3-5-7-14)12-17(22(24,25)26)30(20)29-19/h3-11,16-17,28H,2,12H2,1H3,(H,27,31)/t16-,17-/m1/s1. The van der Waals surface area contributed by atoms with Crippen LogP contribution >= 0.6 is 15.9 Å². The molecule has 0 aliphatic carbocycles. The lowest BCUT2D eigenvalue weighted by molar-refractivity contribution is -0.173. The molecule has 0 bridgehead atoms. The van der Waals surface area contributed by atoms with Crippen molar-refractivity contribution in [1.82, 2.24) is 9.78 Å². The first-order valence-corrected chi connectivity index (χ1v) is 10.6. The van der Waals surface area contributed by atoms with Crippen LogP contribution in [0.2, 0.25) is 0 Å². The highest BCUT2D eigenvalue weighted by molar-refractivity contribution is 9.10. The molecule has 0 unspecified atom stereocenters. The predicted octanol–water partition coefficient (Wildman–Crippen LogP) is 6.12. The van der Waals surface area contributed by atoms with E-state index < -0.39 is 24.2 Å². The summed E-state index contributed by atoms with van der Waals surface area (Å²) in [4.78, 5) is 12.8. The molecule has 1 aliphatic rings. The molecular formula is C22H20BrF3N4O. The summed E-state index contributed by atoms with van der Waals surface area (Å²) in [6.07, 6.45) is -3.88. The summed E-state index contributed by atoms with van der Waals surface area (Å²) in [5.74, 6) is -0.453. The van der Waals surface area contributed by atoms with E-state index in [0.717, 1.165) is 22.2 Å². The van der Waals surface area contributed by atoms with Crippen molar-refractivity contribution in [2.45, 2.75) is 38.0 Å². The third-order valence-electron chi connectivity index (χ3n) is 5.33. The molecule has 9 heteroatoms. The maximum atomic E-state index is 13.9. The Morgan fingerprint density at radius 1 is 1.19 bits per heavy atom. The van der Waals surface area contributed by atoms with Crippen LogP contribution in [-0.2, 0) is 6.42 Å². The third-order valence-corrected chi connectivity index (χ3v) is 6.08. The van der Waals surface area contributed by atoms with Crippen LogP contribution in [0.5, 0.6) is 0 Å². The zero-order valence-corrected chi connectivity index (χ0v) is 18.2. The molecular weight excluding hydrogens is 473 g/mol. The van der Waals surface area contributed by atoms with Crippen molar-refractivity contribution in [3.8, 4) is 0 Å². The first-order valence-electron chi connectivity index (χ1n) is 9.84. The first kappa shape index (κ1) is 21.4. The Morgan fingerprint density at radius 3 is 2.48 bits per heavy atom. The second-order valence-corrected chi connectivity index (χ2v) is 8.15. The van der Waals surface area contributed by atoms with Crippen molar-refractivity contribution in [2.24, 2.45) is 0 Å². The van der Waals surface area contributed by atoms with Crippen molar-refractivity contribution in [3.05, 3.63) is 75.9 Å². The Labute approximate surface area is 185 Å². The van der Waals surface area contributed by atoms with Gasteiger partial charge >= 0.3 is 6.18 Å². The summed E-state index contributed by atoms with van der Waals surface area (Å²) in [6.45, 7) is 2.02. The van der Waals surface area contributed by atoms with Gasteiger partial charge in [-0.3, -0.25) is 4.79 Å². The second kappa shape index (κ2) is 8.37. The maximum Gasteiger partial charge on any atom is 0.410 e. The number of amides is 1. The van der Waals surface area contributed by atoms with Crippen LogP contribution in [0.25, 0.3) is 0 Å². The number of aryl methyl sites for hydroxylation is 1. The summed E-state index contributed by atoms with van der Waals surface area (Å²) in [6, 6.07) is 13.8. The van der Waals surface area contributed by atoms with E-state index in [9.17, 15) is 18.0 Å². The molecule has 1 amide bonds. The minimum atomic E-state index is -4.51. The van der Waals surface area contributed by atoms with Gasteiger partial charge in [-0.15, -0.1) is 0 Å². The van der Waals surface area contributed by atoms with E-state index in [2.05, 4.69) is 31.7 Å². The number of nitrogens with zero attached hydrogens (tertiary/aromatic N) is 2. The Kier molecular flexibility index (Phi) is 5.79. The Bertz CT molecular complexity index is 1080. The summed E-state index contributed by atoms with van der Waals surface area (Å²) in [7, 11) is 0. The fourth-order valence-electron chi connectivity index (χ4n) is 3.65. The molecule has 1 aromatic heterocycles. The molecule has 2 heterocycles. The van der Waals surface area contributed by atoms with Crippen LogP contribution in [0.3, 0.4) is 0 Å². The van der Waals surface area contributed by atoms with Gasteiger partial charge in [0.25, 0.3) is 5.91 Å². The fourth-order valence-corrected chi connectivity index (χ4v) is 4.21. The molecule has 4 rings (SSSR count). The fraction of sp³-hybridized carbons (Fsp3) is 0.273. The number of hydrogen-bond donors (Lipinski definition) is 2. The minimum Gasteiger partial charge on any atom is -0.362 e. The molecule has 1 aliphatic heterocycles. The molecule has 0 fully saturated rings. The minimum absolute atomic E-state index is 0.106. The number of anilines is 2. The number of alkyl halides is 3. The summed E-state index contributed by atoms with van der Waals surface area (Å²) in [5, 5.41) is 9.84. The number of nitrogens with one attached hydrogen (secondary N) is 2. The largest absolute Gasteiger partial charge is 0.410 e. The third kappa shape index (κ3) is 4.32. The van der Waals surface area contributed by atoms with Gasteiger partial charge in [-0.05, 0) is 45.6 Å². The Balaban J connectivity index is 1.67. The van der Waals surface area contributed by atoms with Crippen LogP contribution in [0, 0.1) is 0 Å². The quantitative estimate of drug-likeness (QED) is 0.461. The molecule has 0 saturated carbocycles. The summed E-state index contributed by atoms with van der Waals surface area (Å²) < 4.78 is 42.7. The number of benzene rings is 2. The number of rotatable bonds is 4. The second-order valence-electron chi connectivity index (χ2n) is 7.36. The first-order chi connectivity index (χ1) is 14.8. The average molecular weight is 493 g/mol. The van der Waals surface area contributed by atoms with E-state index >= 15 is 0 Å². The summed E-state index contributed by atoms with van der Waals surface area (Å²) in [5.41, 5.74) is 2.28. The van der Waals surface area contributed by atoms with Crippen molar-refractivity contribution >= 4 is 33.3 Å². The van der Waals surface area contributed by atoms with E-state index in [-0.39, 0.29) is 22.4 Å². The lowest BCUT2D eigenvalue weighted by Gasteiger charge is -2.33. The van der Waals surface area contributed by atoms with E-state index in [1.165, 1.54) is 0 Å². The zero-order chi connectivity index (χ0) is 22.2. The SMILES string of the molecule is CCc1ccc(NC(=O)c2nn3c(c2Br)N[C@@H](c2ccccc2)C[C@@H]3C(F)(F)F)cc1. The molecule has 2 N–H and O–H groups in total. The molecule has 31 heavy (non-hydrogen) atoms. The van der Waals surface area contributed by atoms with Crippen molar-refractivity contribution < 1.29 is 18.0 Å². The number of halogens is 4. The summed E-state index contributed by atoms with van der Waals surface area (Å²) >= 11 is 3.29. The highest BCUT2D eigenvalue weighted by atomic mass is 79.9. The van der Waals surface area contributed by atoms with Crippen molar-refractivity contribution in [1.29, 1.82) is 0 Å². The van der Waals surface area contributed by atoms with Gasteiger partial charge in [0.1, 0.15) is 5.82 Å². The van der Waals surface area contributed by atoms with E-state index in [0.29, 0.717) is 5.69 Å². The molecule has 3 aromatic rings. The van der Waals surface area contributed by atoms with Crippen LogP contribution in [0.1, 0.15) is 47.0 Å². The molecule has 162 valence electrons. The van der Waals surface area contributed by atoms with Gasteiger partial charge in [-0.25, -0.2) is 4.68 Å². The molecule has 0 radical (unpaired) electrons. The topological polar surface area (TPSA) is 59.0 Å². The predicted molar refractivity (Wildman–Crippen MR) is 116 cm³/mol. The van der Waals surface area contributed by atoms with Crippen molar-refractivity contribution in [3.63, 3.8) is 0 Å². The van der Waals surface area contributed by atoms with Gasteiger partial charge in [-0.2, -0.15) is 18.3 Å². The van der Waals surface area contributed by atoms with Gasteiger partial charge in [-0.1, -0.05) is 49.4 Å². The van der Waals surface area contributed by atoms with Gasteiger partial charge in [0.15, 0.2) is 11.7 Å². The molecule has 5 nitrogen and oxygen atoms in total. The lowest BCUT2D eigenvalue weighted by Crippen LogP contribution is -2.35. The number of aromatic nitrogens is 2. The number of hydrogen-bond acceptors (Lipinski definition) is 3. The monoisotopic (exact) mass is 492 g/mol. The van der Waals surface area contributed by atoms with Crippen LogP contribution in [-0.4, -0.2) is 21.9 Å². The average Bonchev–Trinajstić information content (AvgIpc) is 3.10. The number of fused-ring (bicyclic) bond motifs is 1. The smallest absolute Gasteiger partial charge is 0.362 e. The van der Waals surface area contributed by atoms with Gasteiger partial charge < -0.3 is 10.6 Å². The van der Waals surface area contributed by atoms with Gasteiger partial charge in [0.05, 0.1) is 10.5 Å². The van der Waals surface area contributed by atoms with E-state index in [1.807, 2.05) is 25.1 Å². The van der Waals surface area contributed by atoms with Gasteiger partial charge in [0, 0.05) is 12.1 Å². The normalized spacial score (nSPS) is 18.2. The lowest BCUT2D eigenvalue weighted by atomic mass is 9.97. The van der Waals surface area contributed by atoms with Crippen LogP contribution < -0.4 is 10.6 Å². The number of carbonyl (C=O) groups is 1. The number of carbonyl (C=O) groups excluding carboxylic acids is 1. The molecule has 2 atom stereocenters. The van der Waals surface area contributed by atoms with E-state index in [4.69, 9.17) is 0 Å². The zero-order valence-electron chi connectivity index (χ0n) is 16.6. The van der Waals surface area contributed by atoms with Crippen molar-refractivity contribution in [2.75, 3.05) is 10.6 Å². The Hall–Kier alpha value is -2.81. The highest BCUT2D eigenvalue weighted by Crippen LogP contribution is 2.46. The maximum absolute atomic E-state index is 13.9. The molecule has 2 aromatic carbocycles.